The van der Waals surface area contributed by atoms with Crippen molar-refractivity contribution in [2.24, 2.45) is 0 Å². The van der Waals surface area contributed by atoms with E-state index in [-0.39, 0.29) is 0 Å². The molecule has 2 aromatic carbocycles. The second kappa shape index (κ2) is 17.5. The highest BCUT2D eigenvalue weighted by atomic mass is 16.6. The Kier molecular flexibility index (Phi) is 14.5. The summed E-state index contributed by atoms with van der Waals surface area (Å²) in [4.78, 5) is 0. The van der Waals surface area contributed by atoms with E-state index in [1.807, 2.05) is 0 Å². The van der Waals surface area contributed by atoms with Crippen LogP contribution >= 0.6 is 0 Å². The van der Waals surface area contributed by atoms with E-state index in [2.05, 4.69) is 57.2 Å². The minimum absolute atomic E-state index is 0.520. The molecule has 190 valence electrons. The maximum absolute atomic E-state index is 6.04. The summed E-state index contributed by atoms with van der Waals surface area (Å²) in [5, 5.41) is 0. The Hall–Kier alpha value is -1.96. The lowest BCUT2D eigenvalue weighted by atomic mass is 9.95. The summed E-state index contributed by atoms with van der Waals surface area (Å²) in [6, 6.07) is 13.1. The molecule has 0 amide bonds. The second-order valence-electron chi connectivity index (χ2n) is 8.18. The molecule has 0 heterocycles. The molecule has 0 aromatic heterocycles. The molecular formula is C28H42O6. The van der Waals surface area contributed by atoms with E-state index in [0.29, 0.717) is 66.1 Å². The van der Waals surface area contributed by atoms with E-state index >= 15 is 0 Å². The molecule has 0 N–H and O–H groups in total. The van der Waals surface area contributed by atoms with Crippen LogP contribution in [0, 0.1) is 13.8 Å². The van der Waals surface area contributed by atoms with Gasteiger partial charge in [0.25, 0.3) is 0 Å². The molecule has 0 unspecified atom stereocenters. The average Bonchev–Trinajstić information content (AvgIpc) is 2.84. The number of aryl methyl sites for hydroxylation is 3. The number of benzene rings is 2. The predicted octanol–water partition coefficient (Wildman–Crippen LogP) is 5.01. The van der Waals surface area contributed by atoms with Gasteiger partial charge in [-0.2, -0.15) is 0 Å². The van der Waals surface area contributed by atoms with Crippen LogP contribution in [0.2, 0.25) is 0 Å². The molecule has 2 rings (SSSR count). The quantitative estimate of drug-likeness (QED) is 0.267. The Morgan fingerprint density at radius 3 is 1.82 bits per heavy atom. The zero-order valence-electron chi connectivity index (χ0n) is 21.4. The first-order chi connectivity index (χ1) is 16.7. The molecule has 0 bridgehead atoms. The van der Waals surface area contributed by atoms with Gasteiger partial charge in [-0.1, -0.05) is 43.2 Å². The van der Waals surface area contributed by atoms with Gasteiger partial charge in [-0.15, -0.1) is 0 Å². The van der Waals surface area contributed by atoms with E-state index in [1.54, 1.807) is 7.11 Å². The maximum atomic E-state index is 6.04. The van der Waals surface area contributed by atoms with E-state index in [9.17, 15) is 0 Å². The first kappa shape index (κ1) is 28.3. The fourth-order valence-electron chi connectivity index (χ4n) is 3.51. The molecule has 0 fully saturated rings. The Bertz CT molecular complexity index is 807. The molecule has 6 heteroatoms. The molecular weight excluding hydrogens is 432 g/mol. The van der Waals surface area contributed by atoms with Gasteiger partial charge in [-0.25, -0.2) is 0 Å². The van der Waals surface area contributed by atoms with E-state index in [4.69, 9.17) is 28.4 Å². The van der Waals surface area contributed by atoms with E-state index in [1.165, 1.54) is 27.8 Å². The highest BCUT2D eigenvalue weighted by Gasteiger charge is 2.09. The Morgan fingerprint density at radius 1 is 0.647 bits per heavy atom. The summed E-state index contributed by atoms with van der Waals surface area (Å²) in [5.41, 5.74) is 6.33. The first-order valence-corrected chi connectivity index (χ1v) is 12.3. The molecule has 0 radical (unpaired) electrons. The summed E-state index contributed by atoms with van der Waals surface area (Å²) in [5.74, 6) is 0.944. The molecule has 6 nitrogen and oxygen atoms in total. The molecule has 34 heavy (non-hydrogen) atoms. The minimum atomic E-state index is 0.520. The molecule has 2 aromatic rings. The number of hydrogen-bond donors (Lipinski definition) is 0. The van der Waals surface area contributed by atoms with Gasteiger partial charge in [-0.05, 0) is 54.7 Å². The summed E-state index contributed by atoms with van der Waals surface area (Å²) in [7, 11) is 1.66. The van der Waals surface area contributed by atoms with Gasteiger partial charge in [0.1, 0.15) is 12.4 Å². The van der Waals surface area contributed by atoms with Crippen LogP contribution in [-0.2, 0) is 30.1 Å². The van der Waals surface area contributed by atoms with Crippen molar-refractivity contribution in [2.75, 3.05) is 73.2 Å². The zero-order valence-corrected chi connectivity index (χ0v) is 21.4. The number of methoxy groups -OCH3 is 1. The fraction of sp³-hybridized carbons (Fsp3) is 0.571. The number of hydrogen-bond acceptors (Lipinski definition) is 6. The van der Waals surface area contributed by atoms with Crippen LogP contribution in [0.25, 0.3) is 11.1 Å². The van der Waals surface area contributed by atoms with Crippen molar-refractivity contribution in [1.82, 2.24) is 0 Å². The van der Waals surface area contributed by atoms with Crippen molar-refractivity contribution in [1.29, 1.82) is 0 Å². The third-order valence-corrected chi connectivity index (χ3v) is 5.32. The van der Waals surface area contributed by atoms with Gasteiger partial charge >= 0.3 is 0 Å². The Morgan fingerprint density at radius 2 is 1.24 bits per heavy atom. The number of rotatable bonds is 19. The lowest BCUT2D eigenvalue weighted by Crippen LogP contribution is -2.14. The number of ether oxygens (including phenoxy) is 6. The molecule has 0 aliphatic rings. The second-order valence-corrected chi connectivity index (χ2v) is 8.18. The zero-order chi connectivity index (χ0) is 24.4. The summed E-state index contributed by atoms with van der Waals surface area (Å²) < 4.78 is 32.9. The maximum Gasteiger partial charge on any atom is 0.122 e. The van der Waals surface area contributed by atoms with Crippen molar-refractivity contribution in [3.05, 3.63) is 53.1 Å². The fourth-order valence-corrected chi connectivity index (χ4v) is 3.51. The lowest BCUT2D eigenvalue weighted by Gasteiger charge is -2.15. The molecule has 0 saturated carbocycles. The molecule has 0 saturated heterocycles. The van der Waals surface area contributed by atoms with Gasteiger partial charge in [0.15, 0.2) is 0 Å². The molecule has 0 aliphatic heterocycles. The smallest absolute Gasteiger partial charge is 0.122 e. The highest BCUT2D eigenvalue weighted by molar-refractivity contribution is 5.69. The SMILES string of the molecule is CCCc1cc(-c2cc(C)ccc2C)ccc1OCCOCCOCCOCCOCCOC. The third kappa shape index (κ3) is 11.0. The monoisotopic (exact) mass is 474 g/mol. The van der Waals surface area contributed by atoms with Gasteiger partial charge in [0.05, 0.1) is 59.5 Å². The van der Waals surface area contributed by atoms with Crippen molar-refractivity contribution >= 4 is 0 Å². The molecule has 0 spiro atoms. The summed E-state index contributed by atoms with van der Waals surface area (Å²) in [6.07, 6.45) is 2.06. The third-order valence-electron chi connectivity index (χ3n) is 5.32. The van der Waals surface area contributed by atoms with Crippen LogP contribution < -0.4 is 4.74 Å². The molecule has 0 atom stereocenters. The van der Waals surface area contributed by atoms with Crippen molar-refractivity contribution < 1.29 is 28.4 Å². The largest absolute Gasteiger partial charge is 0.491 e. The minimum Gasteiger partial charge on any atom is -0.491 e. The van der Waals surface area contributed by atoms with Crippen LogP contribution in [0.5, 0.6) is 5.75 Å². The van der Waals surface area contributed by atoms with Gasteiger partial charge in [0.2, 0.25) is 0 Å². The van der Waals surface area contributed by atoms with Crippen LogP contribution in [0.3, 0.4) is 0 Å². The Labute approximate surface area is 205 Å². The van der Waals surface area contributed by atoms with Crippen LogP contribution in [0.15, 0.2) is 36.4 Å². The standard InChI is InChI=1S/C28H42O6/c1-5-6-26-22-25(27-21-23(2)7-8-24(27)3)9-10-28(26)34-20-19-33-18-17-32-16-15-31-14-13-30-12-11-29-4/h7-10,21-22H,5-6,11-20H2,1-4H3. The van der Waals surface area contributed by atoms with Crippen LogP contribution in [-0.4, -0.2) is 73.2 Å². The normalized spacial score (nSPS) is 11.2. The summed E-state index contributed by atoms with van der Waals surface area (Å²) in [6.45, 7) is 12.0. The van der Waals surface area contributed by atoms with Crippen LogP contribution in [0.4, 0.5) is 0 Å². The predicted molar refractivity (Wildman–Crippen MR) is 136 cm³/mol. The van der Waals surface area contributed by atoms with Crippen molar-refractivity contribution in [3.63, 3.8) is 0 Å². The Balaban J connectivity index is 1.61. The first-order valence-electron chi connectivity index (χ1n) is 12.3. The highest BCUT2D eigenvalue weighted by Crippen LogP contribution is 2.30. The van der Waals surface area contributed by atoms with Crippen LogP contribution in [0.1, 0.15) is 30.0 Å². The van der Waals surface area contributed by atoms with Gasteiger partial charge < -0.3 is 28.4 Å². The van der Waals surface area contributed by atoms with Gasteiger partial charge in [0, 0.05) is 7.11 Å². The lowest BCUT2D eigenvalue weighted by molar-refractivity contribution is -0.00980. The molecule has 0 aliphatic carbocycles. The van der Waals surface area contributed by atoms with Crippen molar-refractivity contribution in [2.45, 2.75) is 33.6 Å². The van der Waals surface area contributed by atoms with Gasteiger partial charge in [-0.3, -0.25) is 0 Å². The average molecular weight is 475 g/mol. The van der Waals surface area contributed by atoms with E-state index in [0.717, 1.165) is 18.6 Å². The topological polar surface area (TPSA) is 55.4 Å². The van der Waals surface area contributed by atoms with Crippen molar-refractivity contribution in [3.8, 4) is 16.9 Å². The van der Waals surface area contributed by atoms with E-state index < -0.39 is 0 Å². The summed E-state index contributed by atoms with van der Waals surface area (Å²) >= 11 is 0.